The molecule has 0 saturated carbocycles. The number of hydrazone groups is 1. The van der Waals surface area contributed by atoms with E-state index >= 15 is 0 Å². The SMILES string of the molecule is N/N=C\N(N)c1ccc(Cl)cc1/C=C/C(=O)NC1CCCCCNc2cc3cn[nH]c3cc2-c2c[nH]c1n2. The number of carbonyl (C=O) groups is 1. The van der Waals surface area contributed by atoms with Crippen LogP contribution in [0, 0.1) is 0 Å². The summed E-state index contributed by atoms with van der Waals surface area (Å²) in [5, 5.41) is 20.1. The van der Waals surface area contributed by atoms with E-state index in [1.807, 2.05) is 18.5 Å². The van der Waals surface area contributed by atoms with Crippen molar-refractivity contribution in [1.82, 2.24) is 25.5 Å². The summed E-state index contributed by atoms with van der Waals surface area (Å²) in [5.41, 5.74) is 4.94. The Hall–Kier alpha value is -4.35. The third-order valence-corrected chi connectivity index (χ3v) is 6.69. The van der Waals surface area contributed by atoms with Gasteiger partial charge in [0.2, 0.25) is 5.91 Å². The number of benzene rings is 2. The zero-order valence-electron chi connectivity index (χ0n) is 20.6. The topological polar surface area (TPSA) is 166 Å². The van der Waals surface area contributed by atoms with Crippen LogP contribution < -0.4 is 27.3 Å². The summed E-state index contributed by atoms with van der Waals surface area (Å²) in [6.07, 6.45) is 11.8. The van der Waals surface area contributed by atoms with Crippen molar-refractivity contribution in [3.05, 3.63) is 65.2 Å². The van der Waals surface area contributed by atoms with Gasteiger partial charge < -0.3 is 21.5 Å². The number of aromatic nitrogens is 4. The molecule has 0 spiro atoms. The van der Waals surface area contributed by atoms with Gasteiger partial charge in [0.15, 0.2) is 0 Å². The van der Waals surface area contributed by atoms with E-state index in [0.29, 0.717) is 22.1 Å². The van der Waals surface area contributed by atoms with Crippen molar-refractivity contribution in [1.29, 1.82) is 0 Å². The molecular formula is C26H29ClN10O. The number of imidazole rings is 1. The molecular weight excluding hydrogens is 504 g/mol. The van der Waals surface area contributed by atoms with Gasteiger partial charge in [-0.1, -0.05) is 24.4 Å². The average Bonchev–Trinajstić information content (AvgIpc) is 3.57. The van der Waals surface area contributed by atoms with Crippen LogP contribution in [0.4, 0.5) is 11.4 Å². The number of nitrogens with zero attached hydrogens (tertiary/aromatic N) is 4. The van der Waals surface area contributed by atoms with Crippen LogP contribution in [0.15, 0.2) is 53.9 Å². The normalized spacial score (nSPS) is 16.1. The predicted molar refractivity (Wildman–Crippen MR) is 151 cm³/mol. The number of rotatable bonds is 5. The number of anilines is 2. The number of aromatic amines is 2. The second-order valence-corrected chi connectivity index (χ2v) is 9.51. The number of hydrogen-bond donors (Lipinski definition) is 6. The largest absolute Gasteiger partial charge is 0.384 e. The lowest BCUT2D eigenvalue weighted by Crippen LogP contribution is -2.30. The van der Waals surface area contributed by atoms with Gasteiger partial charge in [-0.25, -0.2) is 10.8 Å². The molecule has 1 atom stereocenters. The first-order valence-electron chi connectivity index (χ1n) is 12.3. The van der Waals surface area contributed by atoms with E-state index in [1.165, 1.54) is 17.4 Å². The Kier molecular flexibility index (Phi) is 7.57. The summed E-state index contributed by atoms with van der Waals surface area (Å²) >= 11 is 6.17. The fraction of sp³-hybridized carbons (Fsp3) is 0.231. The second-order valence-electron chi connectivity index (χ2n) is 9.07. The number of hydrazine groups is 1. The lowest BCUT2D eigenvalue weighted by Gasteiger charge is -2.17. The maximum absolute atomic E-state index is 13.0. The summed E-state index contributed by atoms with van der Waals surface area (Å²) in [6, 6.07) is 8.99. The zero-order valence-corrected chi connectivity index (χ0v) is 21.4. The highest BCUT2D eigenvalue weighted by Gasteiger charge is 2.20. The Morgan fingerprint density at radius 2 is 2.13 bits per heavy atom. The number of nitrogens with one attached hydrogen (secondary N) is 4. The minimum atomic E-state index is -0.276. The Balaban J connectivity index is 1.39. The van der Waals surface area contributed by atoms with Crippen LogP contribution in [0.25, 0.3) is 28.2 Å². The van der Waals surface area contributed by atoms with E-state index in [-0.39, 0.29) is 11.9 Å². The first-order valence-corrected chi connectivity index (χ1v) is 12.7. The Bertz CT molecular complexity index is 1490. The molecule has 1 aliphatic heterocycles. The summed E-state index contributed by atoms with van der Waals surface area (Å²) in [6.45, 7) is 0.850. The number of hydrogen-bond acceptors (Lipinski definition) is 7. The van der Waals surface area contributed by atoms with Crippen LogP contribution in [0.3, 0.4) is 0 Å². The number of halogens is 1. The van der Waals surface area contributed by atoms with Gasteiger partial charge in [0.1, 0.15) is 12.2 Å². The monoisotopic (exact) mass is 532 g/mol. The molecule has 12 heteroatoms. The molecule has 4 aromatic rings. The van der Waals surface area contributed by atoms with E-state index < -0.39 is 0 Å². The van der Waals surface area contributed by atoms with Gasteiger partial charge in [-0.05, 0) is 49.2 Å². The molecule has 11 nitrogen and oxygen atoms in total. The van der Waals surface area contributed by atoms with Gasteiger partial charge in [0.05, 0.1) is 29.1 Å². The minimum absolute atomic E-state index is 0.261. The number of H-pyrrole nitrogens is 2. The smallest absolute Gasteiger partial charge is 0.244 e. The van der Waals surface area contributed by atoms with Crippen LogP contribution in [-0.4, -0.2) is 39.0 Å². The second kappa shape index (κ2) is 11.4. The molecule has 38 heavy (non-hydrogen) atoms. The van der Waals surface area contributed by atoms with Crippen LogP contribution in [0.5, 0.6) is 0 Å². The van der Waals surface area contributed by atoms with Crippen LogP contribution in [0.2, 0.25) is 5.02 Å². The van der Waals surface area contributed by atoms with E-state index in [1.54, 1.807) is 24.3 Å². The van der Waals surface area contributed by atoms with Gasteiger partial charge in [-0.15, -0.1) is 0 Å². The molecule has 0 radical (unpaired) electrons. The Labute approximate surface area is 224 Å². The highest BCUT2D eigenvalue weighted by Crippen LogP contribution is 2.32. The van der Waals surface area contributed by atoms with Crippen LogP contribution in [0.1, 0.15) is 43.1 Å². The Morgan fingerprint density at radius 3 is 3.00 bits per heavy atom. The Morgan fingerprint density at radius 1 is 1.24 bits per heavy atom. The summed E-state index contributed by atoms with van der Waals surface area (Å²) in [5.74, 6) is 11.6. The molecule has 0 aliphatic carbocycles. The molecule has 2 bridgehead atoms. The molecule has 1 aliphatic rings. The van der Waals surface area contributed by atoms with Crippen molar-refractivity contribution in [3.8, 4) is 11.3 Å². The van der Waals surface area contributed by atoms with Crippen molar-refractivity contribution in [2.75, 3.05) is 16.9 Å². The van der Waals surface area contributed by atoms with Gasteiger partial charge in [0, 0.05) is 46.0 Å². The third-order valence-electron chi connectivity index (χ3n) is 6.46. The van der Waals surface area contributed by atoms with Crippen molar-refractivity contribution in [2.24, 2.45) is 16.8 Å². The van der Waals surface area contributed by atoms with Crippen LogP contribution >= 0.6 is 11.6 Å². The van der Waals surface area contributed by atoms with Crippen LogP contribution in [-0.2, 0) is 4.79 Å². The quantitative estimate of drug-likeness (QED) is 0.0741. The maximum atomic E-state index is 13.0. The molecule has 2 aromatic heterocycles. The molecule has 1 amide bonds. The van der Waals surface area contributed by atoms with Gasteiger partial charge in [-0.2, -0.15) is 10.2 Å². The summed E-state index contributed by atoms with van der Waals surface area (Å²) in [7, 11) is 0. The average molecular weight is 533 g/mol. The highest BCUT2D eigenvalue weighted by molar-refractivity contribution is 6.30. The first-order chi connectivity index (χ1) is 18.5. The molecule has 8 N–H and O–H groups in total. The van der Waals surface area contributed by atoms with Gasteiger partial charge in [0.25, 0.3) is 0 Å². The molecule has 196 valence electrons. The fourth-order valence-electron chi connectivity index (χ4n) is 4.57. The van der Waals surface area contributed by atoms with Crippen molar-refractivity contribution < 1.29 is 4.79 Å². The lowest BCUT2D eigenvalue weighted by atomic mass is 10.1. The van der Waals surface area contributed by atoms with E-state index in [9.17, 15) is 4.79 Å². The molecule has 0 saturated heterocycles. The van der Waals surface area contributed by atoms with E-state index in [2.05, 4.69) is 37.0 Å². The molecule has 2 aromatic carbocycles. The maximum Gasteiger partial charge on any atom is 0.244 e. The highest BCUT2D eigenvalue weighted by atomic mass is 35.5. The third kappa shape index (κ3) is 5.63. The molecule has 5 rings (SSSR count). The van der Waals surface area contributed by atoms with E-state index in [4.69, 9.17) is 28.3 Å². The number of amides is 1. The van der Waals surface area contributed by atoms with E-state index in [0.717, 1.165) is 60.1 Å². The van der Waals surface area contributed by atoms with Crippen molar-refractivity contribution in [2.45, 2.75) is 31.7 Å². The standard InChI is InChI=1S/C26H29ClN10O/c27-18-6-7-24(37(29)15-32-28)16(10-18)5-8-25(38)34-20-4-2-1-3-9-30-22-11-17-13-33-36-21(17)12-19(22)23-14-31-26(20)35-23/h5-8,10-15,20,30H,1-4,9,28-29H2,(H,31,35)(H,33,36)(H,34,38)/b8-5+,32-15-. The van der Waals surface area contributed by atoms with Crippen molar-refractivity contribution >= 4 is 52.2 Å². The zero-order chi connectivity index (χ0) is 26.5. The molecule has 1 unspecified atom stereocenters. The lowest BCUT2D eigenvalue weighted by molar-refractivity contribution is -0.117. The minimum Gasteiger partial charge on any atom is -0.384 e. The number of nitrogens with two attached hydrogens (primary N) is 2. The number of carbonyl (C=O) groups excluding carboxylic acids is 1. The summed E-state index contributed by atoms with van der Waals surface area (Å²) < 4.78 is 0. The number of fused-ring (bicyclic) bond motifs is 5. The molecule has 3 heterocycles. The summed E-state index contributed by atoms with van der Waals surface area (Å²) in [4.78, 5) is 21.1. The first kappa shape index (κ1) is 25.3. The van der Waals surface area contributed by atoms with Crippen molar-refractivity contribution in [3.63, 3.8) is 0 Å². The predicted octanol–water partition coefficient (Wildman–Crippen LogP) is 4.05. The van der Waals surface area contributed by atoms with Gasteiger partial charge >= 0.3 is 0 Å². The fourth-order valence-corrected chi connectivity index (χ4v) is 4.75. The van der Waals surface area contributed by atoms with Gasteiger partial charge in [-0.3, -0.25) is 14.9 Å². The molecule has 0 fully saturated rings.